The molecule has 6 rings (SSSR count). The van der Waals surface area contributed by atoms with E-state index in [0.717, 1.165) is 52.1 Å². The van der Waals surface area contributed by atoms with Gasteiger partial charge in [0.05, 0.1) is 47.6 Å². The van der Waals surface area contributed by atoms with Crippen LogP contribution in [0, 0.1) is 0 Å². The van der Waals surface area contributed by atoms with Crippen LogP contribution in [0.5, 0.6) is 28.7 Å². The second-order valence-electron chi connectivity index (χ2n) is 11.5. The molecule has 0 atom stereocenters. The first-order valence-corrected chi connectivity index (χ1v) is 18.9. The van der Waals surface area contributed by atoms with Crippen molar-refractivity contribution in [2.75, 3.05) is 42.7 Å². The van der Waals surface area contributed by atoms with Crippen molar-refractivity contribution < 1.29 is 28.4 Å². The van der Waals surface area contributed by atoms with Gasteiger partial charge in [-0.2, -0.15) is 0 Å². The molecule has 5 aromatic rings. The molecule has 256 valence electrons. The standard InChI is InChI=1S/C42H42O6P2/c1-43-30-13-21-34(22-14-30)49(35-23-15-31(44-2)16-24-35)42(29-9-12-40(48-6)41(42)38-10-7-8-11-39(38)47-5)50(36-25-17-32(45-3)18-26-36)37-27-19-33(46-4)20-28-37/h7-28H,29H2,1-6H3. The van der Waals surface area contributed by atoms with E-state index in [9.17, 15) is 0 Å². The lowest BCUT2D eigenvalue weighted by Gasteiger charge is -2.50. The molecule has 0 aromatic heterocycles. The van der Waals surface area contributed by atoms with Crippen LogP contribution in [0.2, 0.25) is 0 Å². The largest absolute Gasteiger partial charge is 0.497 e. The van der Waals surface area contributed by atoms with Crippen molar-refractivity contribution in [1.82, 2.24) is 0 Å². The highest BCUT2D eigenvalue weighted by Crippen LogP contribution is 2.73. The molecule has 0 spiro atoms. The molecule has 1 aliphatic carbocycles. The topological polar surface area (TPSA) is 55.4 Å². The Morgan fingerprint density at radius 3 is 1.16 bits per heavy atom. The summed E-state index contributed by atoms with van der Waals surface area (Å²) < 4.78 is 35.1. The number of rotatable bonds is 13. The maximum atomic E-state index is 6.38. The maximum absolute atomic E-state index is 6.38. The Morgan fingerprint density at radius 2 is 0.820 bits per heavy atom. The smallest absolute Gasteiger partial charge is 0.126 e. The Labute approximate surface area is 297 Å². The van der Waals surface area contributed by atoms with Gasteiger partial charge in [-0.05, 0) is 104 Å². The third-order valence-corrected chi connectivity index (χ3v) is 15.7. The molecular weight excluding hydrogens is 662 g/mol. The van der Waals surface area contributed by atoms with Gasteiger partial charge in [-0.15, -0.1) is 0 Å². The van der Waals surface area contributed by atoms with Crippen LogP contribution in [0.4, 0.5) is 0 Å². The summed E-state index contributed by atoms with van der Waals surface area (Å²) in [5, 5.41) is 4.83. The van der Waals surface area contributed by atoms with Crippen molar-refractivity contribution in [3.05, 3.63) is 145 Å². The molecule has 0 saturated carbocycles. The highest BCUT2D eigenvalue weighted by atomic mass is 31.2. The zero-order chi connectivity index (χ0) is 35.1. The number of ether oxygens (including phenoxy) is 6. The highest BCUT2D eigenvalue weighted by molar-refractivity contribution is 7.91. The van der Waals surface area contributed by atoms with E-state index in [1.807, 2.05) is 12.1 Å². The van der Waals surface area contributed by atoms with Crippen molar-refractivity contribution in [1.29, 1.82) is 0 Å². The van der Waals surface area contributed by atoms with Gasteiger partial charge < -0.3 is 28.4 Å². The minimum Gasteiger partial charge on any atom is -0.497 e. The summed E-state index contributed by atoms with van der Waals surface area (Å²) in [6, 6.07) is 42.5. The van der Waals surface area contributed by atoms with Gasteiger partial charge in [0.2, 0.25) is 0 Å². The van der Waals surface area contributed by atoms with Gasteiger partial charge in [0, 0.05) is 11.1 Å². The van der Waals surface area contributed by atoms with Gasteiger partial charge in [-0.25, -0.2) is 0 Å². The molecule has 0 N–H and O–H groups in total. The number of methoxy groups -OCH3 is 6. The molecule has 1 aliphatic rings. The van der Waals surface area contributed by atoms with Gasteiger partial charge in [0.15, 0.2) is 0 Å². The van der Waals surface area contributed by atoms with Crippen LogP contribution in [0.25, 0.3) is 5.57 Å². The minimum atomic E-state index is -1.20. The lowest BCUT2D eigenvalue weighted by molar-refractivity contribution is 0.306. The molecule has 50 heavy (non-hydrogen) atoms. The molecule has 0 fully saturated rings. The van der Waals surface area contributed by atoms with E-state index in [4.69, 9.17) is 28.4 Å². The molecule has 8 heteroatoms. The zero-order valence-corrected chi connectivity index (χ0v) is 31.0. The predicted octanol–water partition coefficient (Wildman–Crippen LogP) is 8.01. The van der Waals surface area contributed by atoms with E-state index < -0.39 is 20.7 Å². The Kier molecular flexibility index (Phi) is 11.1. The van der Waals surface area contributed by atoms with Crippen molar-refractivity contribution in [3.8, 4) is 28.7 Å². The fourth-order valence-corrected chi connectivity index (χ4v) is 14.4. The lowest BCUT2D eigenvalue weighted by Crippen LogP contribution is -2.41. The molecular formula is C42H42O6P2. The van der Waals surface area contributed by atoms with Crippen LogP contribution < -0.4 is 44.9 Å². The van der Waals surface area contributed by atoms with Gasteiger partial charge >= 0.3 is 0 Å². The van der Waals surface area contributed by atoms with Crippen LogP contribution in [0.3, 0.4) is 0 Å². The summed E-state index contributed by atoms with van der Waals surface area (Å²) in [6.07, 6.45) is 5.13. The Hall–Kier alpha value is -4.76. The Bertz CT molecular complexity index is 1740. The van der Waals surface area contributed by atoms with Gasteiger partial charge in [0.25, 0.3) is 0 Å². The third kappa shape index (κ3) is 6.71. The van der Waals surface area contributed by atoms with Crippen LogP contribution in [-0.2, 0) is 4.74 Å². The third-order valence-electron chi connectivity index (χ3n) is 8.98. The van der Waals surface area contributed by atoms with Crippen molar-refractivity contribution >= 4 is 42.6 Å². The quantitative estimate of drug-likeness (QED) is 0.116. The number of hydrogen-bond acceptors (Lipinski definition) is 6. The summed E-state index contributed by atoms with van der Waals surface area (Å²) in [7, 11) is 7.91. The van der Waals surface area contributed by atoms with Gasteiger partial charge in [0.1, 0.15) is 34.5 Å². The molecule has 0 aliphatic heterocycles. The molecule has 0 saturated heterocycles. The second-order valence-corrected chi connectivity index (χ2v) is 16.8. The first-order chi connectivity index (χ1) is 24.5. The first-order valence-electron chi connectivity index (χ1n) is 16.3. The summed E-state index contributed by atoms with van der Waals surface area (Å²) in [5.74, 6) is 4.83. The van der Waals surface area contributed by atoms with E-state index in [2.05, 4.69) is 121 Å². The fraction of sp³-hybridized carbons (Fsp3) is 0.190. The Balaban J connectivity index is 1.79. The fourth-order valence-electron chi connectivity index (χ4n) is 6.67. The molecule has 6 nitrogen and oxygen atoms in total. The zero-order valence-electron chi connectivity index (χ0n) is 29.3. The average Bonchev–Trinajstić information content (AvgIpc) is 3.19. The van der Waals surface area contributed by atoms with Crippen LogP contribution in [-0.4, -0.2) is 47.6 Å². The summed E-state index contributed by atoms with van der Waals surface area (Å²) in [5.41, 5.74) is 2.11. The second kappa shape index (κ2) is 15.9. The summed E-state index contributed by atoms with van der Waals surface area (Å²) >= 11 is 0. The van der Waals surface area contributed by atoms with Crippen LogP contribution in [0.1, 0.15) is 12.0 Å². The normalized spacial score (nSPS) is 13.7. The first kappa shape index (κ1) is 35.1. The number of para-hydroxylation sites is 1. The molecule has 0 unspecified atom stereocenters. The van der Waals surface area contributed by atoms with Crippen LogP contribution >= 0.6 is 15.8 Å². The van der Waals surface area contributed by atoms with Crippen molar-refractivity contribution in [2.45, 2.75) is 11.3 Å². The van der Waals surface area contributed by atoms with E-state index in [1.165, 1.54) is 21.2 Å². The molecule has 0 radical (unpaired) electrons. The summed E-state index contributed by atoms with van der Waals surface area (Å²) in [6.45, 7) is 0. The van der Waals surface area contributed by atoms with Crippen molar-refractivity contribution in [3.63, 3.8) is 0 Å². The van der Waals surface area contributed by atoms with Gasteiger partial charge in [-0.3, -0.25) is 0 Å². The maximum Gasteiger partial charge on any atom is 0.126 e. The van der Waals surface area contributed by atoms with E-state index in [-0.39, 0.29) is 0 Å². The average molecular weight is 705 g/mol. The molecule has 0 bridgehead atoms. The van der Waals surface area contributed by atoms with E-state index >= 15 is 0 Å². The minimum absolute atomic E-state index is 0.564. The number of allylic oxidation sites excluding steroid dienone is 3. The highest BCUT2D eigenvalue weighted by Gasteiger charge is 2.53. The van der Waals surface area contributed by atoms with Gasteiger partial charge in [-0.1, -0.05) is 72.8 Å². The molecule has 0 heterocycles. The van der Waals surface area contributed by atoms with Crippen molar-refractivity contribution in [2.24, 2.45) is 0 Å². The number of hydrogen-bond donors (Lipinski definition) is 0. The van der Waals surface area contributed by atoms with E-state index in [0.29, 0.717) is 0 Å². The predicted molar refractivity (Wildman–Crippen MR) is 208 cm³/mol. The van der Waals surface area contributed by atoms with Crippen LogP contribution in [0.15, 0.2) is 139 Å². The lowest BCUT2D eigenvalue weighted by atomic mass is 9.94. The Morgan fingerprint density at radius 1 is 0.440 bits per heavy atom. The molecule has 5 aromatic carbocycles. The molecule has 0 amide bonds. The number of benzene rings is 5. The SMILES string of the molecule is COC1=C(c2ccccc2OC)C(P(c2ccc(OC)cc2)c2ccc(OC)cc2)(P(c2ccc(OC)cc2)c2ccc(OC)cc2)CC=C1. The summed E-state index contributed by atoms with van der Waals surface area (Å²) in [4.78, 5) is -0.564. The monoisotopic (exact) mass is 704 g/mol. The van der Waals surface area contributed by atoms with E-state index in [1.54, 1.807) is 42.7 Å².